The predicted octanol–water partition coefficient (Wildman–Crippen LogP) is 4.28. The van der Waals surface area contributed by atoms with Crippen LogP contribution in [0.5, 0.6) is 0 Å². The summed E-state index contributed by atoms with van der Waals surface area (Å²) in [7, 11) is 0. The van der Waals surface area contributed by atoms with Crippen molar-refractivity contribution in [1.29, 1.82) is 0 Å². The molecule has 0 atom stereocenters. The van der Waals surface area contributed by atoms with Crippen molar-refractivity contribution >= 4 is 11.6 Å². The van der Waals surface area contributed by atoms with E-state index in [0.717, 1.165) is 29.8 Å². The molecule has 0 fully saturated rings. The van der Waals surface area contributed by atoms with Gasteiger partial charge in [-0.3, -0.25) is 4.79 Å². The van der Waals surface area contributed by atoms with Crippen LogP contribution in [0.15, 0.2) is 52.9 Å². The van der Waals surface area contributed by atoms with Gasteiger partial charge in [-0.1, -0.05) is 24.3 Å². The molecule has 0 bridgehead atoms. The van der Waals surface area contributed by atoms with Crippen molar-refractivity contribution in [3.8, 4) is 11.5 Å². The van der Waals surface area contributed by atoms with Crippen LogP contribution in [0, 0.1) is 0 Å². The normalized spacial score (nSPS) is 13.6. The van der Waals surface area contributed by atoms with E-state index >= 15 is 0 Å². The van der Waals surface area contributed by atoms with Gasteiger partial charge in [0, 0.05) is 30.6 Å². The third-order valence-corrected chi connectivity index (χ3v) is 4.64. The zero-order valence-electron chi connectivity index (χ0n) is 14.7. The van der Waals surface area contributed by atoms with Crippen molar-refractivity contribution < 1.29 is 22.4 Å². The second kappa shape index (κ2) is 7.10. The molecule has 0 spiro atoms. The topological polar surface area (TPSA) is 59.2 Å². The number of anilines is 1. The molecule has 2 aromatic carbocycles. The summed E-state index contributed by atoms with van der Waals surface area (Å²) >= 11 is 0. The fraction of sp³-hybridized carbons (Fsp3) is 0.250. The number of carbonyl (C=O) groups excluding carboxylic acids is 1. The molecule has 1 aromatic heterocycles. The van der Waals surface area contributed by atoms with E-state index in [2.05, 4.69) is 10.2 Å². The molecule has 0 aliphatic carbocycles. The summed E-state index contributed by atoms with van der Waals surface area (Å²) in [6, 6.07) is 12.5. The van der Waals surface area contributed by atoms with Crippen molar-refractivity contribution in [2.24, 2.45) is 0 Å². The van der Waals surface area contributed by atoms with Crippen LogP contribution in [0.4, 0.5) is 18.9 Å². The van der Waals surface area contributed by atoms with Crippen molar-refractivity contribution in [3.63, 3.8) is 0 Å². The Balaban J connectivity index is 1.43. The number of amides is 1. The number of halogens is 3. The quantitative estimate of drug-likeness (QED) is 0.671. The number of alkyl halides is 3. The third kappa shape index (κ3) is 3.62. The average Bonchev–Trinajstić information content (AvgIpc) is 3.33. The van der Waals surface area contributed by atoms with Crippen LogP contribution >= 0.6 is 0 Å². The summed E-state index contributed by atoms with van der Waals surface area (Å²) < 4.78 is 44.0. The molecule has 1 amide bonds. The zero-order valence-corrected chi connectivity index (χ0v) is 14.7. The van der Waals surface area contributed by atoms with Gasteiger partial charge in [-0.05, 0) is 36.2 Å². The number of fused-ring (bicyclic) bond motifs is 1. The molecule has 0 unspecified atom stereocenters. The lowest BCUT2D eigenvalue weighted by molar-refractivity contribution is -0.137. The molecular formula is C20H16F3N3O2. The molecule has 4 rings (SSSR count). The van der Waals surface area contributed by atoms with Gasteiger partial charge >= 0.3 is 6.18 Å². The molecule has 2 heterocycles. The summed E-state index contributed by atoms with van der Waals surface area (Å²) in [5.74, 6) is 0.164. The van der Waals surface area contributed by atoms with Gasteiger partial charge in [-0.25, -0.2) is 0 Å². The lowest BCUT2D eigenvalue weighted by Gasteiger charge is -2.16. The van der Waals surface area contributed by atoms with Crippen molar-refractivity contribution in [2.75, 3.05) is 11.4 Å². The van der Waals surface area contributed by atoms with Crippen LogP contribution in [0.2, 0.25) is 0 Å². The Kier molecular flexibility index (Phi) is 4.62. The van der Waals surface area contributed by atoms with Crippen LogP contribution in [0.3, 0.4) is 0 Å². The largest absolute Gasteiger partial charge is 0.421 e. The van der Waals surface area contributed by atoms with Gasteiger partial charge in [0.15, 0.2) is 0 Å². The smallest absolute Gasteiger partial charge is 0.416 e. The zero-order chi connectivity index (χ0) is 19.7. The highest BCUT2D eigenvalue weighted by Crippen LogP contribution is 2.32. The first-order valence-corrected chi connectivity index (χ1v) is 8.80. The summed E-state index contributed by atoms with van der Waals surface area (Å²) in [5, 5.41) is 7.67. The molecule has 0 saturated carbocycles. The lowest BCUT2D eigenvalue weighted by Crippen LogP contribution is -2.29. The van der Waals surface area contributed by atoms with Crippen LogP contribution in [-0.2, 0) is 23.8 Å². The van der Waals surface area contributed by atoms with Crippen LogP contribution in [0.1, 0.15) is 23.4 Å². The molecule has 8 heteroatoms. The highest BCUT2D eigenvalue weighted by molar-refractivity contribution is 5.95. The number of benzene rings is 2. The van der Waals surface area contributed by atoms with Gasteiger partial charge in [-0.15, -0.1) is 10.2 Å². The first kappa shape index (κ1) is 18.2. The minimum atomic E-state index is -4.45. The Morgan fingerprint density at radius 3 is 2.75 bits per heavy atom. The van der Waals surface area contributed by atoms with Crippen LogP contribution < -0.4 is 4.90 Å². The summed E-state index contributed by atoms with van der Waals surface area (Å²) in [6.45, 7) is 0.636. The number of hydrogen-bond donors (Lipinski definition) is 0. The number of aryl methyl sites for hydroxylation is 1. The fourth-order valence-corrected chi connectivity index (χ4v) is 3.25. The number of nitrogens with zero attached hydrogens (tertiary/aromatic N) is 3. The minimum absolute atomic E-state index is 0.0000621. The summed E-state index contributed by atoms with van der Waals surface area (Å²) in [4.78, 5) is 14.3. The second-order valence-electron chi connectivity index (χ2n) is 6.50. The maximum atomic E-state index is 12.8. The van der Waals surface area contributed by atoms with Crippen LogP contribution in [0.25, 0.3) is 11.5 Å². The van der Waals surface area contributed by atoms with Gasteiger partial charge in [0.25, 0.3) is 0 Å². The molecule has 1 aliphatic rings. The van der Waals surface area contributed by atoms with E-state index in [0.29, 0.717) is 6.54 Å². The Bertz CT molecular complexity index is 1010. The lowest BCUT2D eigenvalue weighted by atomic mass is 10.1. The number of carbonyl (C=O) groups is 1. The Hall–Kier alpha value is -3.16. The molecule has 5 nitrogen and oxygen atoms in total. The summed E-state index contributed by atoms with van der Waals surface area (Å²) in [6.07, 6.45) is -3.22. The molecule has 144 valence electrons. The Labute approximate surface area is 158 Å². The highest BCUT2D eigenvalue weighted by atomic mass is 19.4. The van der Waals surface area contributed by atoms with E-state index < -0.39 is 11.7 Å². The number of para-hydroxylation sites is 1. The first-order chi connectivity index (χ1) is 13.4. The van der Waals surface area contributed by atoms with E-state index in [1.54, 1.807) is 4.90 Å². The van der Waals surface area contributed by atoms with E-state index in [1.807, 2.05) is 24.3 Å². The molecule has 0 radical (unpaired) electrons. The summed E-state index contributed by atoms with van der Waals surface area (Å²) in [5.41, 5.74) is 1.46. The number of aromatic nitrogens is 2. The molecule has 3 aromatic rings. The molecule has 0 N–H and O–H groups in total. The number of hydrogen-bond acceptors (Lipinski definition) is 4. The van der Waals surface area contributed by atoms with Gasteiger partial charge in [0.2, 0.25) is 17.7 Å². The van der Waals surface area contributed by atoms with E-state index in [4.69, 9.17) is 4.42 Å². The molecule has 28 heavy (non-hydrogen) atoms. The monoisotopic (exact) mass is 387 g/mol. The second-order valence-corrected chi connectivity index (χ2v) is 6.50. The highest BCUT2D eigenvalue weighted by Gasteiger charge is 2.31. The predicted molar refractivity (Wildman–Crippen MR) is 95.6 cm³/mol. The Morgan fingerprint density at radius 1 is 1.11 bits per heavy atom. The van der Waals surface area contributed by atoms with E-state index in [1.165, 1.54) is 12.1 Å². The van der Waals surface area contributed by atoms with Gasteiger partial charge in [-0.2, -0.15) is 13.2 Å². The van der Waals surface area contributed by atoms with Crippen molar-refractivity contribution in [3.05, 3.63) is 65.5 Å². The van der Waals surface area contributed by atoms with Crippen molar-refractivity contribution in [1.82, 2.24) is 10.2 Å². The molecular weight excluding hydrogens is 371 g/mol. The standard InChI is InChI=1S/C20H16F3N3O2/c21-20(22,23)15-6-3-5-14(12-15)19-25-24-17(28-19)8-9-18(27)26-11-10-13-4-1-2-7-16(13)26/h1-7,12H,8-11H2. The minimum Gasteiger partial charge on any atom is -0.421 e. The maximum Gasteiger partial charge on any atom is 0.416 e. The fourth-order valence-electron chi connectivity index (χ4n) is 3.25. The van der Waals surface area contributed by atoms with E-state index in [-0.39, 0.29) is 36.1 Å². The van der Waals surface area contributed by atoms with E-state index in [9.17, 15) is 18.0 Å². The third-order valence-electron chi connectivity index (χ3n) is 4.64. The Morgan fingerprint density at radius 2 is 1.93 bits per heavy atom. The molecule has 1 aliphatic heterocycles. The molecule has 0 saturated heterocycles. The maximum absolute atomic E-state index is 12.8. The van der Waals surface area contributed by atoms with Gasteiger partial charge in [0.05, 0.1) is 5.56 Å². The van der Waals surface area contributed by atoms with Crippen LogP contribution in [-0.4, -0.2) is 22.6 Å². The average molecular weight is 387 g/mol. The number of rotatable bonds is 4. The first-order valence-electron chi connectivity index (χ1n) is 8.80. The van der Waals surface area contributed by atoms with Gasteiger partial charge < -0.3 is 9.32 Å². The SMILES string of the molecule is O=C(CCc1nnc(-c2cccc(C(F)(F)F)c2)o1)N1CCc2ccccc21. The van der Waals surface area contributed by atoms with Gasteiger partial charge in [0.1, 0.15) is 0 Å². The van der Waals surface area contributed by atoms with Crippen molar-refractivity contribution in [2.45, 2.75) is 25.4 Å².